The molecule has 0 heterocycles. The van der Waals surface area contributed by atoms with Crippen LogP contribution in [0, 0.1) is 5.41 Å². The third-order valence-corrected chi connectivity index (χ3v) is 4.78. The standard InChI is InChI=1S/C19H38N4O2.HI/c1-4-13-21-17(24)9-14-22-18(20-5-2)23-16-19(10-7-8-11-19)12-15-25-6-3;/h4-16H2,1-3H3,(H,21,24)(H2,20,22,23);1H. The Bertz CT molecular complexity index is 399. The van der Waals surface area contributed by atoms with E-state index >= 15 is 0 Å². The first kappa shape index (κ1) is 25.4. The first-order chi connectivity index (χ1) is 12.2. The van der Waals surface area contributed by atoms with E-state index in [9.17, 15) is 4.79 Å². The van der Waals surface area contributed by atoms with Gasteiger partial charge in [-0.1, -0.05) is 19.8 Å². The molecule has 0 aromatic rings. The minimum atomic E-state index is 0. The van der Waals surface area contributed by atoms with Gasteiger partial charge in [-0.3, -0.25) is 9.79 Å². The van der Waals surface area contributed by atoms with Gasteiger partial charge in [0.05, 0.1) is 0 Å². The summed E-state index contributed by atoms with van der Waals surface area (Å²) in [6.45, 7) is 10.8. The Labute approximate surface area is 176 Å². The molecule has 3 N–H and O–H groups in total. The van der Waals surface area contributed by atoms with E-state index < -0.39 is 0 Å². The maximum atomic E-state index is 11.7. The summed E-state index contributed by atoms with van der Waals surface area (Å²) in [7, 11) is 0. The van der Waals surface area contributed by atoms with Gasteiger partial charge in [0.2, 0.25) is 5.91 Å². The zero-order chi connectivity index (χ0) is 18.4. The van der Waals surface area contributed by atoms with Crippen LogP contribution in [0.4, 0.5) is 0 Å². The van der Waals surface area contributed by atoms with Crippen LogP contribution in [0.25, 0.3) is 0 Å². The van der Waals surface area contributed by atoms with Crippen molar-refractivity contribution in [2.45, 2.75) is 65.7 Å². The summed E-state index contributed by atoms with van der Waals surface area (Å²) in [5.41, 5.74) is 0.288. The second-order valence-corrected chi connectivity index (χ2v) is 6.88. The largest absolute Gasteiger partial charge is 0.382 e. The maximum Gasteiger partial charge on any atom is 0.221 e. The van der Waals surface area contributed by atoms with Gasteiger partial charge in [0.15, 0.2) is 5.96 Å². The molecule has 1 rings (SSSR count). The molecule has 0 unspecified atom stereocenters. The van der Waals surface area contributed by atoms with Crippen molar-refractivity contribution < 1.29 is 9.53 Å². The van der Waals surface area contributed by atoms with E-state index in [1.54, 1.807) is 0 Å². The number of carbonyl (C=O) groups excluding carboxylic acids is 1. The van der Waals surface area contributed by atoms with E-state index in [4.69, 9.17) is 9.73 Å². The van der Waals surface area contributed by atoms with Crippen molar-refractivity contribution >= 4 is 35.8 Å². The Morgan fingerprint density at radius 2 is 1.81 bits per heavy atom. The van der Waals surface area contributed by atoms with E-state index in [-0.39, 0.29) is 35.3 Å². The highest BCUT2D eigenvalue weighted by atomic mass is 127. The third kappa shape index (κ3) is 10.5. The van der Waals surface area contributed by atoms with Crippen molar-refractivity contribution in [1.29, 1.82) is 0 Å². The number of hydrogen-bond donors (Lipinski definition) is 3. The Morgan fingerprint density at radius 3 is 2.42 bits per heavy atom. The number of rotatable bonds is 12. The van der Waals surface area contributed by atoms with Crippen LogP contribution in [0.3, 0.4) is 0 Å². The zero-order valence-corrected chi connectivity index (χ0v) is 19.2. The highest BCUT2D eigenvalue weighted by Gasteiger charge is 2.33. The molecule has 0 atom stereocenters. The van der Waals surface area contributed by atoms with Crippen LogP contribution < -0.4 is 16.0 Å². The molecule has 1 aliphatic rings. The van der Waals surface area contributed by atoms with Crippen LogP contribution in [0.5, 0.6) is 0 Å². The van der Waals surface area contributed by atoms with Crippen LogP contribution in [0.15, 0.2) is 4.99 Å². The molecule has 1 fully saturated rings. The van der Waals surface area contributed by atoms with Crippen LogP contribution in [-0.4, -0.2) is 51.3 Å². The van der Waals surface area contributed by atoms with Crippen LogP contribution in [-0.2, 0) is 9.53 Å². The topological polar surface area (TPSA) is 74.8 Å². The number of nitrogens with zero attached hydrogens (tertiary/aromatic N) is 1. The van der Waals surface area contributed by atoms with Gasteiger partial charge in [-0.25, -0.2) is 0 Å². The molecular formula is C19H39IN4O2. The fourth-order valence-corrected chi connectivity index (χ4v) is 3.28. The minimum absolute atomic E-state index is 0. The lowest BCUT2D eigenvalue weighted by Gasteiger charge is -2.27. The van der Waals surface area contributed by atoms with Crippen LogP contribution >= 0.6 is 24.0 Å². The monoisotopic (exact) mass is 482 g/mol. The van der Waals surface area contributed by atoms with Gasteiger partial charge in [0.25, 0.3) is 0 Å². The second kappa shape index (κ2) is 15.5. The van der Waals surface area contributed by atoms with E-state index in [0.717, 1.165) is 51.6 Å². The summed E-state index contributed by atoms with van der Waals surface area (Å²) in [6.07, 6.45) is 7.59. The van der Waals surface area contributed by atoms with Crippen molar-refractivity contribution in [2.75, 3.05) is 39.4 Å². The van der Waals surface area contributed by atoms with Crippen molar-refractivity contribution in [1.82, 2.24) is 16.0 Å². The van der Waals surface area contributed by atoms with E-state index in [0.29, 0.717) is 13.0 Å². The predicted molar refractivity (Wildman–Crippen MR) is 119 cm³/mol. The number of ether oxygens (including phenoxy) is 1. The van der Waals surface area contributed by atoms with Crippen molar-refractivity contribution in [3.63, 3.8) is 0 Å². The minimum Gasteiger partial charge on any atom is -0.382 e. The molecular weight excluding hydrogens is 443 g/mol. The normalized spacial score (nSPS) is 16.0. The van der Waals surface area contributed by atoms with Crippen LogP contribution in [0.1, 0.15) is 65.7 Å². The fourth-order valence-electron chi connectivity index (χ4n) is 3.28. The molecule has 154 valence electrons. The van der Waals surface area contributed by atoms with Gasteiger partial charge in [0.1, 0.15) is 0 Å². The zero-order valence-electron chi connectivity index (χ0n) is 16.9. The number of hydrogen-bond acceptors (Lipinski definition) is 3. The van der Waals surface area contributed by atoms with Gasteiger partial charge < -0.3 is 20.7 Å². The Morgan fingerprint density at radius 1 is 1.08 bits per heavy atom. The fraction of sp³-hybridized carbons (Fsp3) is 0.895. The number of halogens is 1. The Hall–Kier alpha value is -0.570. The first-order valence-electron chi connectivity index (χ1n) is 10.0. The molecule has 1 amide bonds. The SMILES string of the molecule is CCCNC(=O)CCNC(=NCC1(CCOCC)CCCC1)NCC.I. The molecule has 26 heavy (non-hydrogen) atoms. The first-order valence-corrected chi connectivity index (χ1v) is 10.0. The molecule has 6 nitrogen and oxygen atoms in total. The lowest BCUT2D eigenvalue weighted by Crippen LogP contribution is -2.40. The van der Waals surface area contributed by atoms with E-state index in [1.807, 2.05) is 6.92 Å². The molecule has 0 spiro atoms. The molecule has 0 radical (unpaired) electrons. The lowest BCUT2D eigenvalue weighted by atomic mass is 9.83. The summed E-state index contributed by atoms with van der Waals surface area (Å²) in [6, 6.07) is 0. The lowest BCUT2D eigenvalue weighted by molar-refractivity contribution is -0.120. The molecule has 0 aromatic carbocycles. The van der Waals surface area contributed by atoms with Crippen molar-refractivity contribution in [3.05, 3.63) is 0 Å². The van der Waals surface area contributed by atoms with Crippen molar-refractivity contribution in [3.8, 4) is 0 Å². The molecule has 7 heteroatoms. The summed E-state index contributed by atoms with van der Waals surface area (Å²) >= 11 is 0. The smallest absolute Gasteiger partial charge is 0.221 e. The quantitative estimate of drug-likeness (QED) is 0.173. The van der Waals surface area contributed by atoms with Gasteiger partial charge in [-0.2, -0.15) is 0 Å². The number of carbonyl (C=O) groups is 1. The maximum absolute atomic E-state index is 11.7. The molecule has 0 aliphatic heterocycles. The number of nitrogens with one attached hydrogen (secondary N) is 3. The van der Waals surface area contributed by atoms with Crippen LogP contribution in [0.2, 0.25) is 0 Å². The molecule has 0 aromatic heterocycles. The molecule has 1 saturated carbocycles. The predicted octanol–water partition coefficient (Wildman–Crippen LogP) is 3.06. The summed E-state index contributed by atoms with van der Waals surface area (Å²) in [5, 5.41) is 9.46. The highest BCUT2D eigenvalue weighted by molar-refractivity contribution is 14.0. The molecule has 1 aliphatic carbocycles. The Balaban J connectivity index is 0.00000625. The van der Waals surface area contributed by atoms with E-state index in [1.165, 1.54) is 25.7 Å². The van der Waals surface area contributed by atoms with Gasteiger partial charge in [0, 0.05) is 45.8 Å². The van der Waals surface area contributed by atoms with Crippen molar-refractivity contribution in [2.24, 2.45) is 10.4 Å². The average Bonchev–Trinajstić information content (AvgIpc) is 3.07. The summed E-state index contributed by atoms with van der Waals surface area (Å²) in [5.74, 6) is 0.905. The van der Waals surface area contributed by atoms with E-state index in [2.05, 4.69) is 29.8 Å². The average molecular weight is 482 g/mol. The summed E-state index contributed by atoms with van der Waals surface area (Å²) < 4.78 is 5.57. The third-order valence-electron chi connectivity index (χ3n) is 4.78. The highest BCUT2D eigenvalue weighted by Crippen LogP contribution is 2.41. The molecule has 0 bridgehead atoms. The second-order valence-electron chi connectivity index (χ2n) is 6.88. The number of amides is 1. The molecule has 0 saturated heterocycles. The number of aliphatic imine (C=N–C) groups is 1. The summed E-state index contributed by atoms with van der Waals surface area (Å²) in [4.78, 5) is 16.5. The Kier molecular flexibility index (Phi) is 15.1. The van der Waals surface area contributed by atoms with Gasteiger partial charge in [-0.15, -0.1) is 24.0 Å². The van der Waals surface area contributed by atoms with Gasteiger partial charge in [-0.05, 0) is 44.9 Å². The number of guanidine groups is 1. The van der Waals surface area contributed by atoms with Gasteiger partial charge >= 0.3 is 0 Å².